The Morgan fingerprint density at radius 3 is 2.95 bits per heavy atom. The second-order valence-electron chi connectivity index (χ2n) is 5.02. The molecule has 1 atom stereocenters. The Bertz CT molecular complexity index is 471. The Morgan fingerprint density at radius 2 is 2.26 bits per heavy atom. The SMILES string of the molecule is Cc1ccc(F)c(NC(=O)CC2CCCNC2)c1F. The van der Waals surface area contributed by atoms with E-state index < -0.39 is 11.6 Å². The number of halogens is 2. The first-order valence-electron chi connectivity index (χ1n) is 6.53. The molecule has 5 heteroatoms. The van der Waals surface area contributed by atoms with Crippen molar-refractivity contribution in [1.82, 2.24) is 5.32 Å². The molecule has 0 spiro atoms. The van der Waals surface area contributed by atoms with E-state index in [1.807, 2.05) is 0 Å². The molecular weight excluding hydrogens is 250 g/mol. The summed E-state index contributed by atoms with van der Waals surface area (Å²) in [6.07, 6.45) is 2.30. The molecule has 104 valence electrons. The fourth-order valence-corrected chi connectivity index (χ4v) is 2.32. The highest BCUT2D eigenvalue weighted by atomic mass is 19.1. The number of anilines is 1. The summed E-state index contributed by atoms with van der Waals surface area (Å²) in [6.45, 7) is 3.29. The van der Waals surface area contributed by atoms with Gasteiger partial charge in [0, 0.05) is 6.42 Å². The molecule has 1 aromatic rings. The first-order valence-corrected chi connectivity index (χ1v) is 6.53. The van der Waals surface area contributed by atoms with Gasteiger partial charge in [-0.3, -0.25) is 4.79 Å². The van der Waals surface area contributed by atoms with Gasteiger partial charge in [0.05, 0.1) is 0 Å². The second kappa shape index (κ2) is 6.10. The van der Waals surface area contributed by atoms with Gasteiger partial charge in [-0.1, -0.05) is 6.07 Å². The van der Waals surface area contributed by atoms with E-state index in [-0.39, 0.29) is 17.5 Å². The van der Waals surface area contributed by atoms with E-state index in [0.29, 0.717) is 12.0 Å². The lowest BCUT2D eigenvalue weighted by molar-refractivity contribution is -0.117. The molecule has 0 radical (unpaired) electrons. The maximum absolute atomic E-state index is 13.7. The van der Waals surface area contributed by atoms with Gasteiger partial charge < -0.3 is 10.6 Å². The largest absolute Gasteiger partial charge is 0.321 e. The number of hydrogen-bond donors (Lipinski definition) is 2. The van der Waals surface area contributed by atoms with Crippen molar-refractivity contribution in [2.45, 2.75) is 26.2 Å². The Balaban J connectivity index is 2.00. The summed E-state index contributed by atoms with van der Waals surface area (Å²) in [7, 11) is 0. The van der Waals surface area contributed by atoms with Crippen molar-refractivity contribution >= 4 is 11.6 Å². The number of carbonyl (C=O) groups is 1. The van der Waals surface area contributed by atoms with Crippen LogP contribution < -0.4 is 10.6 Å². The Morgan fingerprint density at radius 1 is 1.47 bits per heavy atom. The molecule has 0 saturated carbocycles. The van der Waals surface area contributed by atoms with E-state index in [0.717, 1.165) is 32.0 Å². The van der Waals surface area contributed by atoms with Crippen molar-refractivity contribution in [3.8, 4) is 0 Å². The first-order chi connectivity index (χ1) is 9.08. The van der Waals surface area contributed by atoms with Crippen LogP contribution in [0.2, 0.25) is 0 Å². The van der Waals surface area contributed by atoms with Crippen LogP contribution in [0.25, 0.3) is 0 Å². The van der Waals surface area contributed by atoms with Crippen LogP contribution in [0.5, 0.6) is 0 Å². The standard InChI is InChI=1S/C14H18F2N2O/c1-9-4-5-11(15)14(13(9)16)18-12(19)7-10-3-2-6-17-8-10/h4-5,10,17H,2-3,6-8H2,1H3,(H,18,19). The molecular formula is C14H18F2N2O. The van der Waals surface area contributed by atoms with Crippen LogP contribution in [-0.4, -0.2) is 19.0 Å². The lowest BCUT2D eigenvalue weighted by atomic mass is 9.96. The molecule has 1 aliphatic rings. The maximum atomic E-state index is 13.7. The molecule has 1 saturated heterocycles. The number of piperidine rings is 1. The highest BCUT2D eigenvalue weighted by Gasteiger charge is 2.19. The zero-order valence-corrected chi connectivity index (χ0v) is 10.9. The van der Waals surface area contributed by atoms with Crippen LogP contribution in [0.3, 0.4) is 0 Å². The number of rotatable bonds is 3. The highest BCUT2D eigenvalue weighted by molar-refractivity contribution is 5.91. The van der Waals surface area contributed by atoms with Crippen LogP contribution >= 0.6 is 0 Å². The fraction of sp³-hybridized carbons (Fsp3) is 0.500. The van der Waals surface area contributed by atoms with E-state index in [2.05, 4.69) is 10.6 Å². The van der Waals surface area contributed by atoms with E-state index >= 15 is 0 Å². The van der Waals surface area contributed by atoms with Gasteiger partial charge in [0.2, 0.25) is 5.91 Å². The minimum atomic E-state index is -0.738. The van der Waals surface area contributed by atoms with Gasteiger partial charge in [-0.05, 0) is 50.4 Å². The molecule has 1 aromatic carbocycles. The third-order valence-corrected chi connectivity index (χ3v) is 3.42. The maximum Gasteiger partial charge on any atom is 0.224 e. The summed E-state index contributed by atoms with van der Waals surface area (Å²) in [6, 6.07) is 2.52. The van der Waals surface area contributed by atoms with Crippen LogP contribution in [0.1, 0.15) is 24.8 Å². The predicted molar refractivity (Wildman–Crippen MR) is 69.9 cm³/mol. The molecule has 2 rings (SSSR count). The van der Waals surface area contributed by atoms with Gasteiger partial charge in [0.1, 0.15) is 11.5 Å². The average molecular weight is 268 g/mol. The lowest BCUT2D eigenvalue weighted by Gasteiger charge is -2.22. The first kappa shape index (κ1) is 13.9. The van der Waals surface area contributed by atoms with E-state index in [1.165, 1.54) is 13.0 Å². The van der Waals surface area contributed by atoms with Crippen LogP contribution in [0.4, 0.5) is 14.5 Å². The molecule has 2 N–H and O–H groups in total. The van der Waals surface area contributed by atoms with Gasteiger partial charge in [-0.15, -0.1) is 0 Å². The van der Waals surface area contributed by atoms with Crippen LogP contribution in [-0.2, 0) is 4.79 Å². The number of nitrogens with one attached hydrogen (secondary N) is 2. The smallest absolute Gasteiger partial charge is 0.224 e. The molecule has 1 aliphatic heterocycles. The quantitative estimate of drug-likeness (QED) is 0.884. The van der Waals surface area contributed by atoms with Gasteiger partial charge in [-0.2, -0.15) is 0 Å². The molecule has 19 heavy (non-hydrogen) atoms. The van der Waals surface area contributed by atoms with E-state index in [9.17, 15) is 13.6 Å². The monoisotopic (exact) mass is 268 g/mol. The van der Waals surface area contributed by atoms with Crippen LogP contribution in [0, 0.1) is 24.5 Å². The van der Waals surface area contributed by atoms with Crippen molar-refractivity contribution in [3.63, 3.8) is 0 Å². The molecule has 1 amide bonds. The molecule has 3 nitrogen and oxygen atoms in total. The average Bonchev–Trinajstić information content (AvgIpc) is 2.40. The lowest BCUT2D eigenvalue weighted by Crippen LogP contribution is -2.32. The highest BCUT2D eigenvalue weighted by Crippen LogP contribution is 2.23. The normalized spacial score (nSPS) is 19.2. The fourth-order valence-electron chi connectivity index (χ4n) is 2.32. The Labute approximate surface area is 111 Å². The van der Waals surface area contributed by atoms with Crippen molar-refractivity contribution in [1.29, 1.82) is 0 Å². The van der Waals surface area contributed by atoms with Gasteiger partial charge in [0.25, 0.3) is 0 Å². The minimum Gasteiger partial charge on any atom is -0.321 e. The summed E-state index contributed by atoms with van der Waals surface area (Å²) in [5, 5.41) is 5.56. The topological polar surface area (TPSA) is 41.1 Å². The summed E-state index contributed by atoms with van der Waals surface area (Å²) >= 11 is 0. The van der Waals surface area contributed by atoms with Gasteiger partial charge in [-0.25, -0.2) is 8.78 Å². The van der Waals surface area contributed by atoms with Gasteiger partial charge in [0.15, 0.2) is 5.82 Å². The summed E-state index contributed by atoms with van der Waals surface area (Å²) in [5.41, 5.74) is -0.0233. The third-order valence-electron chi connectivity index (χ3n) is 3.42. The number of hydrogen-bond acceptors (Lipinski definition) is 2. The predicted octanol–water partition coefficient (Wildman–Crippen LogP) is 2.60. The number of carbonyl (C=O) groups excluding carboxylic acids is 1. The van der Waals surface area contributed by atoms with Crippen molar-refractivity contribution in [3.05, 3.63) is 29.3 Å². The van der Waals surface area contributed by atoms with E-state index in [1.54, 1.807) is 0 Å². The van der Waals surface area contributed by atoms with E-state index in [4.69, 9.17) is 0 Å². The number of aryl methyl sites for hydroxylation is 1. The third kappa shape index (κ3) is 3.50. The molecule has 0 bridgehead atoms. The van der Waals surface area contributed by atoms with Crippen LogP contribution in [0.15, 0.2) is 12.1 Å². The molecule has 0 aliphatic carbocycles. The van der Waals surface area contributed by atoms with Crippen molar-refractivity contribution in [2.24, 2.45) is 5.92 Å². The number of benzene rings is 1. The Kier molecular flexibility index (Phi) is 4.47. The second-order valence-corrected chi connectivity index (χ2v) is 5.02. The molecule has 1 heterocycles. The zero-order valence-electron chi connectivity index (χ0n) is 10.9. The Hall–Kier alpha value is -1.49. The summed E-state index contributed by atoms with van der Waals surface area (Å²) in [5.74, 6) is -1.53. The zero-order chi connectivity index (χ0) is 13.8. The minimum absolute atomic E-state index is 0.240. The van der Waals surface area contributed by atoms with Gasteiger partial charge >= 0.3 is 0 Å². The summed E-state index contributed by atoms with van der Waals surface area (Å²) < 4.78 is 27.2. The molecule has 1 unspecified atom stereocenters. The number of amides is 1. The van der Waals surface area contributed by atoms with Crippen molar-refractivity contribution < 1.29 is 13.6 Å². The molecule has 1 fully saturated rings. The summed E-state index contributed by atoms with van der Waals surface area (Å²) in [4.78, 5) is 11.8. The molecule has 0 aromatic heterocycles. The van der Waals surface area contributed by atoms with Crippen molar-refractivity contribution in [2.75, 3.05) is 18.4 Å².